The highest BCUT2D eigenvalue weighted by Crippen LogP contribution is 2.17. The number of hydrogen-bond acceptors (Lipinski definition) is 3. The number of likely N-dealkylation sites (N-methyl/N-ethyl adjacent to an activating group) is 1. The van der Waals surface area contributed by atoms with Gasteiger partial charge in [-0.1, -0.05) is 13.8 Å². The second kappa shape index (κ2) is 7.34. The SMILES string of the molecule is CC(C)CCC(C)N1CCN(C)C(CCO)C1. The lowest BCUT2D eigenvalue weighted by molar-refractivity contribution is 0.0528. The van der Waals surface area contributed by atoms with E-state index in [-0.39, 0.29) is 0 Å². The molecule has 17 heavy (non-hydrogen) atoms. The third kappa shape index (κ3) is 4.94. The average Bonchev–Trinajstić information content (AvgIpc) is 2.29. The van der Waals surface area contributed by atoms with Crippen molar-refractivity contribution in [2.24, 2.45) is 5.92 Å². The number of rotatable bonds is 6. The van der Waals surface area contributed by atoms with Gasteiger partial charge in [-0.2, -0.15) is 0 Å². The summed E-state index contributed by atoms with van der Waals surface area (Å²) in [5.74, 6) is 0.804. The highest BCUT2D eigenvalue weighted by Gasteiger charge is 2.26. The van der Waals surface area contributed by atoms with Gasteiger partial charge in [0, 0.05) is 38.3 Å². The molecule has 1 saturated heterocycles. The molecule has 0 aliphatic carbocycles. The Hall–Kier alpha value is -0.120. The number of piperazine rings is 1. The molecule has 102 valence electrons. The first-order chi connectivity index (χ1) is 8.04. The zero-order valence-electron chi connectivity index (χ0n) is 12.0. The van der Waals surface area contributed by atoms with Gasteiger partial charge in [0.05, 0.1) is 0 Å². The molecule has 1 aliphatic rings. The molecule has 0 saturated carbocycles. The monoisotopic (exact) mass is 242 g/mol. The van der Waals surface area contributed by atoms with E-state index in [2.05, 4.69) is 37.6 Å². The van der Waals surface area contributed by atoms with Gasteiger partial charge >= 0.3 is 0 Å². The Morgan fingerprint density at radius 2 is 1.88 bits per heavy atom. The predicted octanol–water partition coefficient (Wildman–Crippen LogP) is 1.81. The molecular weight excluding hydrogens is 212 g/mol. The van der Waals surface area contributed by atoms with Gasteiger partial charge < -0.3 is 10.0 Å². The van der Waals surface area contributed by atoms with Crippen LogP contribution in [0.25, 0.3) is 0 Å². The summed E-state index contributed by atoms with van der Waals surface area (Å²) in [5, 5.41) is 9.09. The van der Waals surface area contributed by atoms with E-state index in [0.29, 0.717) is 18.7 Å². The van der Waals surface area contributed by atoms with Crippen LogP contribution < -0.4 is 0 Å². The number of nitrogens with zero attached hydrogens (tertiary/aromatic N) is 2. The number of aliphatic hydroxyl groups excluding tert-OH is 1. The Bertz CT molecular complexity index is 208. The summed E-state index contributed by atoms with van der Waals surface area (Å²) in [4.78, 5) is 4.99. The van der Waals surface area contributed by atoms with Gasteiger partial charge in [0.2, 0.25) is 0 Å². The summed E-state index contributed by atoms with van der Waals surface area (Å²) in [6.45, 7) is 10.7. The highest BCUT2D eigenvalue weighted by atomic mass is 16.3. The molecule has 0 spiro atoms. The summed E-state index contributed by atoms with van der Waals surface area (Å²) in [5.41, 5.74) is 0. The van der Waals surface area contributed by atoms with Crippen molar-refractivity contribution in [3.05, 3.63) is 0 Å². The Morgan fingerprint density at radius 1 is 1.18 bits per heavy atom. The minimum Gasteiger partial charge on any atom is -0.396 e. The molecule has 3 heteroatoms. The molecule has 1 N–H and O–H groups in total. The molecular formula is C14H30N2O. The molecule has 0 aromatic rings. The van der Waals surface area contributed by atoms with Crippen LogP contribution >= 0.6 is 0 Å². The number of aliphatic hydroxyl groups is 1. The quantitative estimate of drug-likeness (QED) is 0.769. The van der Waals surface area contributed by atoms with E-state index < -0.39 is 0 Å². The maximum absolute atomic E-state index is 9.09. The fourth-order valence-electron chi connectivity index (χ4n) is 2.59. The summed E-state index contributed by atoms with van der Waals surface area (Å²) in [6.07, 6.45) is 3.52. The zero-order chi connectivity index (χ0) is 12.8. The van der Waals surface area contributed by atoms with Crippen LogP contribution in [0, 0.1) is 5.92 Å². The van der Waals surface area contributed by atoms with Gasteiger partial charge in [-0.3, -0.25) is 4.90 Å². The van der Waals surface area contributed by atoms with Gasteiger partial charge in [0.25, 0.3) is 0 Å². The largest absolute Gasteiger partial charge is 0.396 e. The summed E-state index contributed by atoms with van der Waals surface area (Å²) < 4.78 is 0. The molecule has 3 nitrogen and oxygen atoms in total. The Labute approximate surface area is 107 Å². The summed E-state index contributed by atoms with van der Waals surface area (Å²) in [7, 11) is 2.18. The molecule has 1 fully saturated rings. The van der Waals surface area contributed by atoms with Crippen molar-refractivity contribution in [1.29, 1.82) is 0 Å². The number of hydrogen-bond donors (Lipinski definition) is 1. The first kappa shape index (κ1) is 14.9. The second-order valence-corrected chi connectivity index (χ2v) is 5.96. The van der Waals surface area contributed by atoms with Gasteiger partial charge in [-0.05, 0) is 39.2 Å². The van der Waals surface area contributed by atoms with E-state index in [1.807, 2.05) is 0 Å². The Kier molecular flexibility index (Phi) is 6.45. The first-order valence-corrected chi connectivity index (χ1v) is 7.09. The second-order valence-electron chi connectivity index (χ2n) is 5.96. The third-order valence-electron chi connectivity index (χ3n) is 4.06. The van der Waals surface area contributed by atoms with Gasteiger partial charge in [-0.25, -0.2) is 0 Å². The van der Waals surface area contributed by atoms with E-state index >= 15 is 0 Å². The molecule has 0 radical (unpaired) electrons. The van der Waals surface area contributed by atoms with E-state index in [0.717, 1.165) is 25.4 Å². The zero-order valence-corrected chi connectivity index (χ0v) is 12.0. The summed E-state index contributed by atoms with van der Waals surface area (Å²) in [6, 6.07) is 1.22. The minimum absolute atomic E-state index is 0.309. The Balaban J connectivity index is 2.38. The molecule has 0 aromatic carbocycles. The summed E-state index contributed by atoms with van der Waals surface area (Å²) >= 11 is 0. The van der Waals surface area contributed by atoms with E-state index in [1.165, 1.54) is 19.4 Å². The van der Waals surface area contributed by atoms with Crippen LogP contribution in [0.2, 0.25) is 0 Å². The van der Waals surface area contributed by atoms with Crippen molar-refractivity contribution in [2.75, 3.05) is 33.3 Å². The van der Waals surface area contributed by atoms with Crippen molar-refractivity contribution in [1.82, 2.24) is 9.80 Å². The van der Waals surface area contributed by atoms with Crippen LogP contribution in [0.3, 0.4) is 0 Å². The van der Waals surface area contributed by atoms with E-state index in [4.69, 9.17) is 5.11 Å². The minimum atomic E-state index is 0.309. The van der Waals surface area contributed by atoms with E-state index in [9.17, 15) is 0 Å². The maximum atomic E-state index is 9.09. The van der Waals surface area contributed by atoms with Crippen LogP contribution in [0.5, 0.6) is 0 Å². The van der Waals surface area contributed by atoms with Crippen molar-refractivity contribution in [3.63, 3.8) is 0 Å². The maximum Gasteiger partial charge on any atom is 0.0446 e. The van der Waals surface area contributed by atoms with Crippen LogP contribution in [0.15, 0.2) is 0 Å². The topological polar surface area (TPSA) is 26.7 Å². The predicted molar refractivity (Wildman–Crippen MR) is 73.2 cm³/mol. The molecule has 0 aromatic heterocycles. The fourth-order valence-corrected chi connectivity index (χ4v) is 2.59. The third-order valence-corrected chi connectivity index (χ3v) is 4.06. The van der Waals surface area contributed by atoms with Crippen molar-refractivity contribution in [3.8, 4) is 0 Å². The molecule has 0 bridgehead atoms. The van der Waals surface area contributed by atoms with Crippen LogP contribution in [0.1, 0.15) is 40.0 Å². The molecule has 2 atom stereocenters. The first-order valence-electron chi connectivity index (χ1n) is 7.09. The van der Waals surface area contributed by atoms with E-state index in [1.54, 1.807) is 0 Å². The molecule has 0 amide bonds. The van der Waals surface area contributed by atoms with Crippen molar-refractivity contribution in [2.45, 2.75) is 52.1 Å². The van der Waals surface area contributed by atoms with Crippen molar-refractivity contribution < 1.29 is 5.11 Å². The van der Waals surface area contributed by atoms with Gasteiger partial charge in [-0.15, -0.1) is 0 Å². The van der Waals surface area contributed by atoms with Crippen LogP contribution in [0.4, 0.5) is 0 Å². The lowest BCUT2D eigenvalue weighted by atomic mass is 10.0. The fraction of sp³-hybridized carbons (Fsp3) is 1.00. The van der Waals surface area contributed by atoms with Gasteiger partial charge in [0.1, 0.15) is 0 Å². The van der Waals surface area contributed by atoms with Gasteiger partial charge in [0.15, 0.2) is 0 Å². The van der Waals surface area contributed by atoms with Crippen LogP contribution in [-0.4, -0.2) is 60.3 Å². The highest BCUT2D eigenvalue weighted by molar-refractivity contribution is 4.82. The standard InChI is InChI=1S/C14H30N2O/c1-12(2)5-6-13(3)16-9-8-15(4)14(11-16)7-10-17/h12-14,17H,5-11H2,1-4H3. The average molecular weight is 242 g/mol. The molecule has 1 heterocycles. The lowest BCUT2D eigenvalue weighted by Crippen LogP contribution is -2.54. The molecule has 1 aliphatic heterocycles. The molecule has 1 rings (SSSR count). The molecule has 2 unspecified atom stereocenters. The van der Waals surface area contributed by atoms with Crippen molar-refractivity contribution >= 4 is 0 Å². The Morgan fingerprint density at radius 3 is 2.47 bits per heavy atom. The smallest absolute Gasteiger partial charge is 0.0446 e. The van der Waals surface area contributed by atoms with Crippen LogP contribution in [-0.2, 0) is 0 Å². The normalized spacial score (nSPS) is 25.4. The lowest BCUT2D eigenvalue weighted by Gasteiger charge is -2.42.